The average Bonchev–Trinajstić information content (AvgIpc) is 2.93. The van der Waals surface area contributed by atoms with Crippen LogP contribution in [0.2, 0.25) is 0 Å². The number of hydrogen-bond donors (Lipinski definition) is 2. The highest BCUT2D eigenvalue weighted by molar-refractivity contribution is 7.87. The fourth-order valence-corrected chi connectivity index (χ4v) is 4.63. The quantitative estimate of drug-likeness (QED) is 0.741. The van der Waals surface area contributed by atoms with Crippen molar-refractivity contribution in [3.8, 4) is 0 Å². The van der Waals surface area contributed by atoms with E-state index >= 15 is 0 Å². The predicted molar refractivity (Wildman–Crippen MR) is 78.7 cm³/mol. The van der Waals surface area contributed by atoms with Gasteiger partial charge in [0.2, 0.25) is 0 Å². The largest absolute Gasteiger partial charge is 0.377 e. The molecule has 2 fully saturated rings. The Morgan fingerprint density at radius 1 is 1.35 bits per heavy atom. The lowest BCUT2D eigenvalue weighted by atomic mass is 10.00. The van der Waals surface area contributed by atoms with Crippen LogP contribution in [-0.2, 0) is 14.9 Å². The summed E-state index contributed by atoms with van der Waals surface area (Å²) < 4.78 is 34.8. The molecule has 0 aromatic heterocycles. The van der Waals surface area contributed by atoms with Crippen LogP contribution in [0.4, 0.5) is 0 Å². The van der Waals surface area contributed by atoms with Crippen molar-refractivity contribution in [2.45, 2.75) is 44.8 Å². The van der Waals surface area contributed by atoms with E-state index in [0.29, 0.717) is 19.0 Å². The Morgan fingerprint density at radius 2 is 2.15 bits per heavy atom. The van der Waals surface area contributed by atoms with Crippen molar-refractivity contribution in [2.24, 2.45) is 5.92 Å². The zero-order chi connectivity index (χ0) is 14.6. The number of nitrogens with one attached hydrogen (secondary N) is 2. The summed E-state index contributed by atoms with van der Waals surface area (Å²) in [4.78, 5) is 0. The second kappa shape index (κ2) is 7.17. The van der Waals surface area contributed by atoms with Crippen LogP contribution in [0.3, 0.4) is 0 Å². The van der Waals surface area contributed by atoms with Crippen LogP contribution in [-0.4, -0.2) is 58.2 Å². The Kier molecular flexibility index (Phi) is 5.80. The first-order valence-corrected chi connectivity index (χ1v) is 9.00. The second-order valence-electron chi connectivity index (χ2n) is 5.89. The van der Waals surface area contributed by atoms with Crippen LogP contribution in [0, 0.1) is 5.92 Å². The Bertz CT molecular complexity index is 394. The molecule has 2 aliphatic rings. The molecule has 3 atom stereocenters. The number of ether oxygens (including phenoxy) is 1. The first kappa shape index (κ1) is 16.2. The van der Waals surface area contributed by atoms with Gasteiger partial charge in [0.25, 0.3) is 10.2 Å². The number of rotatable bonds is 6. The van der Waals surface area contributed by atoms with Gasteiger partial charge in [-0.05, 0) is 52.1 Å². The van der Waals surface area contributed by atoms with Crippen molar-refractivity contribution in [3.05, 3.63) is 0 Å². The molecule has 7 heteroatoms. The lowest BCUT2D eigenvalue weighted by Gasteiger charge is -2.33. The Hall–Kier alpha value is -0.210. The zero-order valence-electron chi connectivity index (χ0n) is 12.5. The molecule has 2 rings (SSSR count). The number of piperidine rings is 1. The summed E-state index contributed by atoms with van der Waals surface area (Å²) in [6, 6.07) is -0.160. The monoisotopic (exact) mass is 305 g/mol. The molecule has 6 nitrogen and oxygen atoms in total. The Balaban J connectivity index is 1.91. The summed E-state index contributed by atoms with van der Waals surface area (Å²) in [5, 5.41) is 3.13. The minimum Gasteiger partial charge on any atom is -0.377 e. The summed E-state index contributed by atoms with van der Waals surface area (Å²) >= 11 is 0. The van der Waals surface area contributed by atoms with Crippen LogP contribution in [0.25, 0.3) is 0 Å². The molecule has 2 heterocycles. The SMILES string of the molecule is CNCC1CCCN(S(=O)(=O)NC(C)C2CCCO2)C1. The highest BCUT2D eigenvalue weighted by Crippen LogP contribution is 2.20. The minimum absolute atomic E-state index is 0.0164. The van der Waals surface area contributed by atoms with E-state index in [4.69, 9.17) is 4.74 Å². The van der Waals surface area contributed by atoms with E-state index in [0.717, 1.165) is 38.8 Å². The Morgan fingerprint density at radius 3 is 2.80 bits per heavy atom. The summed E-state index contributed by atoms with van der Waals surface area (Å²) in [5.41, 5.74) is 0. The van der Waals surface area contributed by atoms with Crippen LogP contribution in [0.5, 0.6) is 0 Å². The molecular formula is C13H27N3O3S. The first-order valence-electron chi connectivity index (χ1n) is 7.56. The normalized spacial score (nSPS) is 30.5. The summed E-state index contributed by atoms with van der Waals surface area (Å²) in [6.07, 6.45) is 4.00. The topological polar surface area (TPSA) is 70.7 Å². The molecule has 3 unspecified atom stereocenters. The molecule has 20 heavy (non-hydrogen) atoms. The smallest absolute Gasteiger partial charge is 0.279 e. The fourth-order valence-electron chi connectivity index (χ4n) is 3.08. The number of hydrogen-bond acceptors (Lipinski definition) is 4. The molecule has 2 saturated heterocycles. The third-order valence-corrected chi connectivity index (χ3v) is 5.85. The van der Waals surface area contributed by atoms with Gasteiger partial charge in [-0.25, -0.2) is 0 Å². The van der Waals surface area contributed by atoms with Crippen LogP contribution < -0.4 is 10.0 Å². The van der Waals surface area contributed by atoms with Crippen LogP contribution >= 0.6 is 0 Å². The van der Waals surface area contributed by atoms with Crippen molar-refractivity contribution in [2.75, 3.05) is 33.3 Å². The standard InChI is InChI=1S/C13H27N3O3S/c1-11(13-6-4-8-19-13)15-20(17,18)16-7-3-5-12(10-16)9-14-2/h11-15H,3-10H2,1-2H3. The van der Waals surface area contributed by atoms with E-state index in [1.54, 1.807) is 4.31 Å². The molecule has 0 aromatic carbocycles. The molecular weight excluding hydrogens is 278 g/mol. The van der Waals surface area contributed by atoms with Gasteiger partial charge in [-0.3, -0.25) is 0 Å². The summed E-state index contributed by atoms with van der Waals surface area (Å²) in [7, 11) is -1.49. The lowest BCUT2D eigenvalue weighted by molar-refractivity contribution is 0.0894. The van der Waals surface area contributed by atoms with E-state index in [1.165, 1.54) is 0 Å². The van der Waals surface area contributed by atoms with Crippen molar-refractivity contribution in [1.29, 1.82) is 0 Å². The molecule has 0 amide bonds. The van der Waals surface area contributed by atoms with E-state index in [1.807, 2.05) is 14.0 Å². The van der Waals surface area contributed by atoms with Crippen LogP contribution in [0.15, 0.2) is 0 Å². The summed E-state index contributed by atoms with van der Waals surface area (Å²) in [5.74, 6) is 0.406. The average molecular weight is 305 g/mol. The van der Waals surface area contributed by atoms with Gasteiger partial charge in [0.1, 0.15) is 0 Å². The maximum Gasteiger partial charge on any atom is 0.279 e. The molecule has 0 aromatic rings. The van der Waals surface area contributed by atoms with Gasteiger partial charge in [-0.1, -0.05) is 0 Å². The van der Waals surface area contributed by atoms with Crippen molar-refractivity contribution >= 4 is 10.2 Å². The van der Waals surface area contributed by atoms with Crippen molar-refractivity contribution in [1.82, 2.24) is 14.3 Å². The predicted octanol–water partition coefficient (Wildman–Crippen LogP) is 0.320. The van der Waals surface area contributed by atoms with Gasteiger partial charge in [0.05, 0.1) is 6.10 Å². The third kappa shape index (κ3) is 4.14. The van der Waals surface area contributed by atoms with E-state index < -0.39 is 10.2 Å². The van der Waals surface area contributed by atoms with Gasteiger partial charge in [-0.2, -0.15) is 17.4 Å². The van der Waals surface area contributed by atoms with Gasteiger partial charge in [-0.15, -0.1) is 0 Å². The van der Waals surface area contributed by atoms with Crippen LogP contribution in [0.1, 0.15) is 32.6 Å². The molecule has 0 aliphatic carbocycles. The van der Waals surface area contributed by atoms with Gasteiger partial charge >= 0.3 is 0 Å². The maximum absolute atomic E-state index is 12.4. The maximum atomic E-state index is 12.4. The minimum atomic E-state index is -3.40. The lowest BCUT2D eigenvalue weighted by Crippen LogP contribution is -2.51. The molecule has 0 saturated carbocycles. The summed E-state index contributed by atoms with van der Waals surface area (Å²) in [6.45, 7) is 4.72. The molecule has 2 N–H and O–H groups in total. The first-order chi connectivity index (χ1) is 9.53. The van der Waals surface area contributed by atoms with Gasteiger partial charge in [0.15, 0.2) is 0 Å². The van der Waals surface area contributed by atoms with Crippen molar-refractivity contribution < 1.29 is 13.2 Å². The zero-order valence-corrected chi connectivity index (χ0v) is 13.3. The van der Waals surface area contributed by atoms with E-state index in [-0.39, 0.29) is 12.1 Å². The van der Waals surface area contributed by atoms with Crippen molar-refractivity contribution in [3.63, 3.8) is 0 Å². The van der Waals surface area contributed by atoms with Gasteiger partial charge in [0, 0.05) is 25.7 Å². The molecule has 118 valence electrons. The second-order valence-corrected chi connectivity index (χ2v) is 7.59. The highest BCUT2D eigenvalue weighted by atomic mass is 32.2. The molecule has 0 bridgehead atoms. The Labute approximate surface area is 122 Å². The van der Waals surface area contributed by atoms with E-state index in [9.17, 15) is 8.42 Å². The van der Waals surface area contributed by atoms with E-state index in [2.05, 4.69) is 10.0 Å². The molecule has 0 radical (unpaired) electrons. The third-order valence-electron chi connectivity index (χ3n) is 4.17. The molecule has 0 spiro atoms. The number of nitrogens with zero attached hydrogens (tertiary/aromatic N) is 1. The fraction of sp³-hybridized carbons (Fsp3) is 1.00. The molecule has 2 aliphatic heterocycles. The van der Waals surface area contributed by atoms with Gasteiger partial charge < -0.3 is 10.1 Å². The highest BCUT2D eigenvalue weighted by Gasteiger charge is 2.32.